The minimum atomic E-state index is -0.00225. The van der Waals surface area contributed by atoms with Crippen molar-refractivity contribution in [3.63, 3.8) is 0 Å². The summed E-state index contributed by atoms with van der Waals surface area (Å²) in [5.74, 6) is -0.00449. The quantitative estimate of drug-likeness (QED) is 0.194. The fraction of sp³-hybridized carbons (Fsp3) is 0.417. The molecule has 0 saturated carbocycles. The molecule has 8 heteroatoms. The number of amides is 2. The number of carbonyl (C=O) groups is 2. The van der Waals surface area contributed by atoms with Gasteiger partial charge < -0.3 is 0 Å². The van der Waals surface area contributed by atoms with E-state index in [9.17, 15) is 9.59 Å². The summed E-state index contributed by atoms with van der Waals surface area (Å²) in [6.07, 6.45) is 3.64. The third-order valence-corrected chi connectivity index (χ3v) is 11.4. The zero-order valence-corrected chi connectivity index (χ0v) is 21.9. The first-order chi connectivity index (χ1) is 15.7. The Morgan fingerprint density at radius 3 is 1.47 bits per heavy atom. The number of nitrogens with one attached hydrogen (secondary N) is 2. The zero-order chi connectivity index (χ0) is 23.0. The molecule has 2 aromatic rings. The molecule has 0 aliphatic carbocycles. The molecule has 32 heavy (non-hydrogen) atoms. The monoisotopic (exact) mass is 570 g/mol. The predicted octanol–water partition coefficient (Wildman–Crippen LogP) is 1.65. The molecule has 2 amide bonds. The molecule has 0 unspecified atom stereocenters. The Morgan fingerprint density at radius 1 is 0.656 bits per heavy atom. The first kappa shape index (κ1) is 26.6. The van der Waals surface area contributed by atoms with Crippen molar-refractivity contribution in [1.82, 2.24) is 10.6 Å². The van der Waals surface area contributed by atoms with Gasteiger partial charge in [0.2, 0.25) is 0 Å². The Hall–Kier alpha value is -1.66. The van der Waals surface area contributed by atoms with Crippen LogP contribution in [0.2, 0.25) is 0 Å². The van der Waals surface area contributed by atoms with Crippen LogP contribution >= 0.6 is 0 Å². The fourth-order valence-electron chi connectivity index (χ4n) is 3.08. The normalized spacial score (nSPS) is 10.7. The molecule has 0 fully saturated rings. The van der Waals surface area contributed by atoms with Crippen LogP contribution in [0, 0.1) is 0 Å². The van der Waals surface area contributed by atoms with E-state index in [4.69, 9.17) is 11.5 Å². The number of benzene rings is 2. The second-order valence-electron chi connectivity index (χ2n) is 7.34. The van der Waals surface area contributed by atoms with Gasteiger partial charge in [0.05, 0.1) is 0 Å². The minimum absolute atomic E-state index is 0.00225. The maximum atomic E-state index is 12.5. The fourth-order valence-corrected chi connectivity index (χ4v) is 9.60. The van der Waals surface area contributed by atoms with Gasteiger partial charge in [-0.15, -0.1) is 0 Å². The van der Waals surface area contributed by atoms with E-state index in [0.29, 0.717) is 52.4 Å². The Balaban J connectivity index is 1.85. The van der Waals surface area contributed by atoms with Crippen molar-refractivity contribution < 1.29 is 9.59 Å². The molecule has 0 aliphatic rings. The first-order valence-corrected chi connectivity index (χ1v) is 17.8. The molecule has 0 saturated heterocycles. The number of hydrogen-bond acceptors (Lipinski definition) is 4. The topological polar surface area (TPSA) is 110 Å². The standard InChI is InChI=1S/C24H34N4O2Se2/c25-13-5-7-15-27-23(29)21-11-3-1-9-19(21)17-31-32-18-20-10-2-4-12-22(20)24(30)28-16-8-6-14-26/h1-4,9-12H,5-8,13-18,25-26H2,(H,27,29)(H,28,30). The van der Waals surface area contributed by atoms with E-state index >= 15 is 0 Å². The van der Waals surface area contributed by atoms with Crippen molar-refractivity contribution in [3.8, 4) is 0 Å². The Labute approximate surface area is 202 Å². The van der Waals surface area contributed by atoms with Crippen LogP contribution in [0.25, 0.3) is 0 Å². The van der Waals surface area contributed by atoms with Crippen LogP contribution in [-0.2, 0) is 10.6 Å². The number of carbonyl (C=O) groups excluding carboxylic acids is 2. The van der Waals surface area contributed by atoms with Crippen LogP contribution in [-0.4, -0.2) is 64.3 Å². The average Bonchev–Trinajstić information content (AvgIpc) is 2.82. The first-order valence-electron chi connectivity index (χ1n) is 11.0. The zero-order valence-electron chi connectivity index (χ0n) is 18.5. The number of hydrogen-bond donors (Lipinski definition) is 4. The van der Waals surface area contributed by atoms with Crippen molar-refractivity contribution in [1.29, 1.82) is 0 Å². The van der Waals surface area contributed by atoms with Gasteiger partial charge in [0, 0.05) is 0 Å². The molecule has 6 nitrogen and oxygen atoms in total. The van der Waals surface area contributed by atoms with Crippen LogP contribution in [0.4, 0.5) is 0 Å². The molecule has 0 aliphatic heterocycles. The molecule has 0 heterocycles. The predicted molar refractivity (Wildman–Crippen MR) is 133 cm³/mol. The van der Waals surface area contributed by atoms with Gasteiger partial charge in [0.15, 0.2) is 0 Å². The second-order valence-corrected chi connectivity index (χ2v) is 14.7. The van der Waals surface area contributed by atoms with E-state index in [1.807, 2.05) is 36.4 Å². The van der Waals surface area contributed by atoms with E-state index in [2.05, 4.69) is 22.8 Å². The van der Waals surface area contributed by atoms with Crippen molar-refractivity contribution in [2.45, 2.75) is 36.3 Å². The van der Waals surface area contributed by atoms with Gasteiger partial charge in [-0.25, -0.2) is 0 Å². The van der Waals surface area contributed by atoms with Gasteiger partial charge in [0.25, 0.3) is 0 Å². The van der Waals surface area contributed by atoms with Crippen molar-refractivity contribution in [2.24, 2.45) is 11.5 Å². The Kier molecular flexibility index (Phi) is 13.3. The van der Waals surface area contributed by atoms with E-state index in [-0.39, 0.29) is 11.8 Å². The van der Waals surface area contributed by atoms with Crippen molar-refractivity contribution >= 4 is 38.1 Å². The van der Waals surface area contributed by atoms with Gasteiger partial charge in [-0.3, -0.25) is 0 Å². The Morgan fingerprint density at radius 2 is 1.06 bits per heavy atom. The summed E-state index contributed by atoms with van der Waals surface area (Å²) < 4.78 is 0. The molecule has 0 bridgehead atoms. The number of unbranched alkanes of at least 4 members (excludes halogenated alkanes) is 2. The molecule has 2 aromatic carbocycles. The van der Waals surface area contributed by atoms with Gasteiger partial charge in [0.1, 0.15) is 0 Å². The number of rotatable bonds is 15. The molecule has 0 aromatic heterocycles. The van der Waals surface area contributed by atoms with Gasteiger partial charge >= 0.3 is 203 Å². The third-order valence-electron chi connectivity index (χ3n) is 4.87. The van der Waals surface area contributed by atoms with E-state index in [1.165, 1.54) is 0 Å². The number of nitrogens with two attached hydrogens (primary N) is 2. The van der Waals surface area contributed by atoms with Crippen LogP contribution < -0.4 is 22.1 Å². The summed E-state index contributed by atoms with van der Waals surface area (Å²) >= 11 is 0.793. The van der Waals surface area contributed by atoms with E-state index in [0.717, 1.165) is 58.6 Å². The molecule has 0 spiro atoms. The summed E-state index contributed by atoms with van der Waals surface area (Å²) in [5.41, 5.74) is 14.8. The molecule has 0 radical (unpaired) electrons. The van der Waals surface area contributed by atoms with E-state index in [1.54, 1.807) is 0 Å². The van der Waals surface area contributed by atoms with Crippen molar-refractivity contribution in [2.75, 3.05) is 26.2 Å². The summed E-state index contributed by atoms with van der Waals surface area (Å²) in [4.78, 5) is 25.1. The molecule has 0 atom stereocenters. The summed E-state index contributed by atoms with van der Waals surface area (Å²) in [6.45, 7) is 2.61. The third kappa shape index (κ3) is 9.45. The Bertz CT molecular complexity index is 779. The molecule has 174 valence electrons. The van der Waals surface area contributed by atoms with Crippen molar-refractivity contribution in [3.05, 3.63) is 70.8 Å². The second kappa shape index (κ2) is 16.0. The summed E-state index contributed by atoms with van der Waals surface area (Å²) in [6, 6.07) is 15.7. The average molecular weight is 568 g/mol. The maximum absolute atomic E-state index is 12.5. The summed E-state index contributed by atoms with van der Waals surface area (Å²) in [5, 5.41) is 7.85. The summed E-state index contributed by atoms with van der Waals surface area (Å²) in [7, 11) is 0. The molecular formula is C24H34N4O2Se2. The van der Waals surface area contributed by atoms with Crippen LogP contribution in [0.5, 0.6) is 0 Å². The molecular weight excluding hydrogens is 534 g/mol. The SMILES string of the molecule is NCCCCNC(=O)c1ccccc1C[Se][Se]Cc1ccccc1C(=O)NCCCCN. The van der Waals surface area contributed by atoms with Gasteiger partial charge in [-0.2, -0.15) is 0 Å². The van der Waals surface area contributed by atoms with Crippen LogP contribution in [0.15, 0.2) is 48.5 Å². The van der Waals surface area contributed by atoms with Gasteiger partial charge in [-0.1, -0.05) is 0 Å². The van der Waals surface area contributed by atoms with Gasteiger partial charge in [-0.05, 0) is 0 Å². The van der Waals surface area contributed by atoms with E-state index < -0.39 is 0 Å². The van der Waals surface area contributed by atoms with Crippen LogP contribution in [0.3, 0.4) is 0 Å². The molecule has 6 N–H and O–H groups in total. The van der Waals surface area contributed by atoms with Crippen LogP contribution in [0.1, 0.15) is 57.5 Å². The molecule has 2 rings (SSSR count).